The minimum atomic E-state index is -0.798. The number of rotatable bonds is 5. The molecule has 1 unspecified atom stereocenters. The molecule has 1 aromatic carbocycles. The molecule has 0 bridgehead atoms. The van der Waals surface area contributed by atoms with Crippen molar-refractivity contribution in [2.75, 3.05) is 12.4 Å². The molecule has 8 nitrogen and oxygen atoms in total. The second-order valence-corrected chi connectivity index (χ2v) is 4.65. The van der Waals surface area contributed by atoms with Gasteiger partial charge in [-0.25, -0.2) is 9.59 Å². The summed E-state index contributed by atoms with van der Waals surface area (Å²) in [5, 5.41) is 15.6. The number of hydrogen-bond acceptors (Lipinski definition) is 5. The zero-order valence-electron chi connectivity index (χ0n) is 12.0. The third-order valence-corrected chi connectivity index (χ3v) is 2.72. The molecule has 0 spiro atoms. The van der Waals surface area contributed by atoms with E-state index in [0.29, 0.717) is 0 Å². The molecule has 1 rings (SSSR count). The van der Waals surface area contributed by atoms with E-state index in [9.17, 15) is 19.7 Å². The molecule has 0 heterocycles. The third kappa shape index (κ3) is 4.75. The molecule has 0 radical (unpaired) electrons. The van der Waals surface area contributed by atoms with Crippen molar-refractivity contribution in [3.63, 3.8) is 0 Å². The molecule has 0 aliphatic carbocycles. The highest BCUT2D eigenvalue weighted by Gasteiger charge is 2.24. The summed E-state index contributed by atoms with van der Waals surface area (Å²) < 4.78 is 4.60. The summed E-state index contributed by atoms with van der Waals surface area (Å²) in [6, 6.07) is 4.06. The predicted octanol–water partition coefficient (Wildman–Crippen LogP) is 1.91. The normalized spacial score (nSPS) is 11.6. The number of nitro benzene ring substituents is 1. The summed E-state index contributed by atoms with van der Waals surface area (Å²) in [4.78, 5) is 33.4. The van der Waals surface area contributed by atoms with Gasteiger partial charge in [0, 0.05) is 17.8 Å². The molecule has 0 fully saturated rings. The average Bonchev–Trinajstić information content (AvgIpc) is 2.43. The van der Waals surface area contributed by atoms with Gasteiger partial charge in [0.2, 0.25) is 0 Å². The highest BCUT2D eigenvalue weighted by atomic mass is 16.6. The molecular formula is C13H17N3O5. The van der Waals surface area contributed by atoms with Gasteiger partial charge in [-0.3, -0.25) is 10.1 Å². The zero-order valence-corrected chi connectivity index (χ0v) is 12.0. The quantitative estimate of drug-likeness (QED) is 0.489. The number of esters is 1. The minimum Gasteiger partial charge on any atom is -0.467 e. The van der Waals surface area contributed by atoms with Gasteiger partial charge >= 0.3 is 12.0 Å². The minimum absolute atomic E-state index is 0.138. The molecule has 0 aliphatic heterocycles. The van der Waals surface area contributed by atoms with E-state index in [-0.39, 0.29) is 17.3 Å². The first kappa shape index (κ1) is 16.4. The van der Waals surface area contributed by atoms with Crippen LogP contribution in [-0.4, -0.2) is 30.1 Å². The number of nitro groups is 1. The van der Waals surface area contributed by atoms with E-state index >= 15 is 0 Å². The number of carbonyl (C=O) groups excluding carboxylic acids is 2. The molecule has 8 heteroatoms. The van der Waals surface area contributed by atoms with Gasteiger partial charge < -0.3 is 15.4 Å². The van der Waals surface area contributed by atoms with Gasteiger partial charge in [0.25, 0.3) is 5.69 Å². The van der Waals surface area contributed by atoms with Crippen LogP contribution < -0.4 is 10.6 Å². The van der Waals surface area contributed by atoms with E-state index < -0.39 is 23.0 Å². The first-order valence-electron chi connectivity index (χ1n) is 6.25. The Bertz CT molecular complexity index is 544. The van der Waals surface area contributed by atoms with Gasteiger partial charge in [0.1, 0.15) is 6.04 Å². The van der Waals surface area contributed by atoms with E-state index in [1.54, 1.807) is 13.8 Å². The average molecular weight is 295 g/mol. The Hall–Kier alpha value is -2.64. The maximum absolute atomic E-state index is 11.8. The van der Waals surface area contributed by atoms with Crippen molar-refractivity contribution >= 4 is 23.4 Å². The van der Waals surface area contributed by atoms with Crippen molar-refractivity contribution in [3.8, 4) is 0 Å². The second kappa shape index (κ2) is 7.22. The van der Waals surface area contributed by atoms with Crippen molar-refractivity contribution < 1.29 is 19.2 Å². The molecule has 2 N–H and O–H groups in total. The van der Waals surface area contributed by atoms with E-state index in [1.165, 1.54) is 31.4 Å². The van der Waals surface area contributed by atoms with E-state index in [2.05, 4.69) is 15.4 Å². The Labute approximate surface area is 121 Å². The smallest absolute Gasteiger partial charge is 0.328 e. The van der Waals surface area contributed by atoms with Crippen LogP contribution in [0.1, 0.15) is 13.8 Å². The number of non-ortho nitro benzene ring substituents is 1. The highest BCUT2D eigenvalue weighted by molar-refractivity contribution is 5.92. The fraction of sp³-hybridized carbons (Fsp3) is 0.385. The van der Waals surface area contributed by atoms with Crippen LogP contribution >= 0.6 is 0 Å². The molecule has 1 aromatic rings. The second-order valence-electron chi connectivity index (χ2n) is 4.65. The first-order valence-corrected chi connectivity index (χ1v) is 6.25. The number of hydrogen-bond donors (Lipinski definition) is 2. The van der Waals surface area contributed by atoms with Crippen molar-refractivity contribution in [1.29, 1.82) is 0 Å². The lowest BCUT2D eigenvalue weighted by molar-refractivity contribution is -0.384. The molecule has 0 aliphatic rings. The fourth-order valence-electron chi connectivity index (χ4n) is 1.63. The first-order chi connectivity index (χ1) is 9.85. The molecule has 0 aromatic heterocycles. The number of benzene rings is 1. The number of amides is 2. The Morgan fingerprint density at radius 1 is 1.33 bits per heavy atom. The largest absolute Gasteiger partial charge is 0.467 e. The summed E-state index contributed by atoms with van der Waals surface area (Å²) in [5.41, 5.74) is 0.121. The molecule has 114 valence electrons. The topological polar surface area (TPSA) is 111 Å². The highest BCUT2D eigenvalue weighted by Crippen LogP contribution is 2.17. The number of nitrogens with zero attached hydrogens (tertiary/aromatic N) is 1. The Morgan fingerprint density at radius 3 is 2.52 bits per heavy atom. The van der Waals surface area contributed by atoms with Crippen LogP contribution in [0.5, 0.6) is 0 Å². The van der Waals surface area contributed by atoms with E-state index in [0.717, 1.165) is 0 Å². The lowest BCUT2D eigenvalue weighted by Crippen LogP contribution is -2.46. The van der Waals surface area contributed by atoms with Crippen LogP contribution in [0.2, 0.25) is 0 Å². The summed E-state index contributed by atoms with van der Waals surface area (Å²) in [6.07, 6.45) is 0. The van der Waals surface area contributed by atoms with Gasteiger partial charge in [-0.2, -0.15) is 0 Å². The van der Waals surface area contributed by atoms with Crippen LogP contribution in [0, 0.1) is 16.0 Å². The maximum atomic E-state index is 11.8. The monoisotopic (exact) mass is 295 g/mol. The van der Waals surface area contributed by atoms with Crippen molar-refractivity contribution in [2.45, 2.75) is 19.9 Å². The van der Waals surface area contributed by atoms with Crippen molar-refractivity contribution in [1.82, 2.24) is 5.32 Å². The SMILES string of the molecule is COC(=O)C(NC(=O)Nc1cccc([N+](=O)[O-])c1)C(C)C. The lowest BCUT2D eigenvalue weighted by atomic mass is 10.1. The summed E-state index contributed by atoms with van der Waals surface area (Å²) in [7, 11) is 1.23. The Morgan fingerprint density at radius 2 is 2.00 bits per heavy atom. The van der Waals surface area contributed by atoms with Crippen LogP contribution in [0.4, 0.5) is 16.2 Å². The molecular weight excluding hydrogens is 278 g/mol. The van der Waals surface area contributed by atoms with Crippen molar-refractivity contribution in [3.05, 3.63) is 34.4 Å². The molecule has 21 heavy (non-hydrogen) atoms. The maximum Gasteiger partial charge on any atom is 0.328 e. The predicted molar refractivity (Wildman–Crippen MR) is 75.9 cm³/mol. The van der Waals surface area contributed by atoms with Gasteiger partial charge in [0.05, 0.1) is 12.0 Å². The van der Waals surface area contributed by atoms with E-state index in [4.69, 9.17) is 0 Å². The van der Waals surface area contributed by atoms with Gasteiger partial charge in [-0.15, -0.1) is 0 Å². The number of carbonyl (C=O) groups is 2. The number of urea groups is 1. The summed E-state index contributed by atoms with van der Waals surface area (Å²) in [5.74, 6) is -0.715. The van der Waals surface area contributed by atoms with E-state index in [1.807, 2.05) is 0 Å². The number of methoxy groups -OCH3 is 1. The fourth-order valence-corrected chi connectivity index (χ4v) is 1.63. The number of ether oxygens (including phenoxy) is 1. The van der Waals surface area contributed by atoms with Crippen LogP contribution in [0.3, 0.4) is 0 Å². The van der Waals surface area contributed by atoms with Crippen LogP contribution in [0.25, 0.3) is 0 Å². The third-order valence-electron chi connectivity index (χ3n) is 2.72. The molecule has 0 saturated heterocycles. The standard InChI is InChI=1S/C13H17N3O5/c1-8(2)11(12(17)21-3)15-13(18)14-9-5-4-6-10(7-9)16(19)20/h4-8,11H,1-3H3,(H2,14,15,18). The molecule has 1 atom stereocenters. The van der Waals surface area contributed by atoms with Crippen LogP contribution in [-0.2, 0) is 9.53 Å². The zero-order chi connectivity index (χ0) is 16.0. The summed E-state index contributed by atoms with van der Waals surface area (Å²) >= 11 is 0. The molecule has 2 amide bonds. The van der Waals surface area contributed by atoms with Gasteiger partial charge in [-0.1, -0.05) is 19.9 Å². The number of anilines is 1. The number of nitrogens with one attached hydrogen (secondary N) is 2. The summed E-state index contributed by atoms with van der Waals surface area (Å²) in [6.45, 7) is 3.52. The van der Waals surface area contributed by atoms with Crippen LogP contribution in [0.15, 0.2) is 24.3 Å². The van der Waals surface area contributed by atoms with Crippen molar-refractivity contribution in [2.24, 2.45) is 5.92 Å². The molecule has 0 saturated carbocycles. The Balaban J connectivity index is 2.74. The lowest BCUT2D eigenvalue weighted by Gasteiger charge is -2.20. The van der Waals surface area contributed by atoms with Gasteiger partial charge in [0.15, 0.2) is 0 Å². The van der Waals surface area contributed by atoms with Gasteiger partial charge in [-0.05, 0) is 12.0 Å². The Kier molecular flexibility index (Phi) is 5.65.